The predicted octanol–water partition coefficient (Wildman–Crippen LogP) is 2.72. The molecule has 0 spiro atoms. The first kappa shape index (κ1) is 13.1. The number of ether oxygens (including phenoxy) is 1. The Morgan fingerprint density at radius 1 is 1.22 bits per heavy atom. The molecule has 1 aromatic carbocycles. The minimum Gasteiger partial charge on any atom is -0.459 e. The third kappa shape index (κ3) is 2.91. The molecule has 0 heterocycles. The Labute approximate surface area is 109 Å². The average Bonchev–Trinajstić information content (AvgIpc) is 2.37. The van der Waals surface area contributed by atoms with Gasteiger partial charge in [-0.1, -0.05) is 32.0 Å². The second-order valence-corrected chi connectivity index (χ2v) is 4.74. The molecule has 1 aromatic rings. The van der Waals surface area contributed by atoms with Gasteiger partial charge in [0.2, 0.25) is 0 Å². The number of rotatable bonds is 5. The molecule has 0 aromatic heterocycles. The van der Waals surface area contributed by atoms with Crippen molar-refractivity contribution in [2.24, 2.45) is 0 Å². The minimum atomic E-state index is -0.196. The molecule has 0 aliphatic heterocycles. The van der Waals surface area contributed by atoms with Crippen molar-refractivity contribution < 1.29 is 9.53 Å². The van der Waals surface area contributed by atoms with Gasteiger partial charge in [0, 0.05) is 18.9 Å². The average molecular weight is 247 g/mol. The molecule has 0 amide bonds. The zero-order valence-corrected chi connectivity index (χ0v) is 11.1. The fraction of sp³-hybridized carbons (Fsp3) is 0.533. The smallest absolute Gasteiger partial charge is 0.338 e. The maximum absolute atomic E-state index is 11.8. The summed E-state index contributed by atoms with van der Waals surface area (Å²) >= 11 is 0. The van der Waals surface area contributed by atoms with Crippen molar-refractivity contribution >= 4 is 5.97 Å². The highest BCUT2D eigenvalue weighted by atomic mass is 16.5. The van der Waals surface area contributed by atoms with E-state index >= 15 is 0 Å². The molecule has 18 heavy (non-hydrogen) atoms. The fourth-order valence-corrected chi connectivity index (χ4v) is 2.47. The van der Waals surface area contributed by atoms with Crippen molar-refractivity contribution in [3.05, 3.63) is 35.9 Å². The van der Waals surface area contributed by atoms with Crippen LogP contribution in [0, 0.1) is 0 Å². The van der Waals surface area contributed by atoms with Crippen LogP contribution < -0.4 is 0 Å². The number of carbonyl (C=O) groups excluding carboxylic acids is 1. The minimum absolute atomic E-state index is 0.100. The van der Waals surface area contributed by atoms with Crippen molar-refractivity contribution in [1.82, 2.24) is 4.90 Å². The van der Waals surface area contributed by atoms with E-state index in [0.29, 0.717) is 11.6 Å². The summed E-state index contributed by atoms with van der Waals surface area (Å²) in [4.78, 5) is 14.3. The van der Waals surface area contributed by atoms with Crippen LogP contribution >= 0.6 is 0 Å². The van der Waals surface area contributed by atoms with E-state index in [1.54, 1.807) is 12.1 Å². The van der Waals surface area contributed by atoms with Gasteiger partial charge in [-0.15, -0.1) is 0 Å². The maximum atomic E-state index is 11.8. The van der Waals surface area contributed by atoms with Crippen molar-refractivity contribution in [3.8, 4) is 0 Å². The van der Waals surface area contributed by atoms with E-state index in [1.165, 1.54) is 0 Å². The van der Waals surface area contributed by atoms with Crippen LogP contribution in [0.5, 0.6) is 0 Å². The third-order valence-corrected chi connectivity index (χ3v) is 3.68. The van der Waals surface area contributed by atoms with E-state index in [2.05, 4.69) is 18.7 Å². The summed E-state index contributed by atoms with van der Waals surface area (Å²) in [5.74, 6) is -0.196. The lowest BCUT2D eigenvalue weighted by atomic mass is 9.87. The topological polar surface area (TPSA) is 29.5 Å². The molecule has 1 fully saturated rings. The molecule has 3 heteroatoms. The first-order valence-electron chi connectivity index (χ1n) is 6.74. The van der Waals surface area contributed by atoms with Gasteiger partial charge in [0.25, 0.3) is 0 Å². The molecule has 1 saturated carbocycles. The number of benzene rings is 1. The molecule has 0 N–H and O–H groups in total. The first-order valence-corrected chi connectivity index (χ1v) is 6.74. The number of nitrogens with zero attached hydrogens (tertiary/aromatic N) is 1. The molecule has 0 atom stereocenters. The highest BCUT2D eigenvalue weighted by molar-refractivity contribution is 5.89. The number of hydrogen-bond acceptors (Lipinski definition) is 3. The summed E-state index contributed by atoms with van der Waals surface area (Å²) in [5.41, 5.74) is 0.642. The maximum Gasteiger partial charge on any atom is 0.338 e. The second-order valence-electron chi connectivity index (χ2n) is 4.74. The normalized spacial score (nSPS) is 22.6. The standard InChI is InChI=1S/C15H21NO2/c1-3-16(4-2)13-10-14(11-13)18-15(17)12-8-6-5-7-9-12/h5-9,13-14H,3-4,10-11H2,1-2H3/t13-,14-. The zero-order chi connectivity index (χ0) is 13.0. The number of carbonyl (C=O) groups is 1. The molecular formula is C15H21NO2. The van der Waals surface area contributed by atoms with Gasteiger partial charge in [-0.25, -0.2) is 4.79 Å². The van der Waals surface area contributed by atoms with Crippen LogP contribution in [-0.4, -0.2) is 36.1 Å². The Balaban J connectivity index is 1.79. The summed E-state index contributed by atoms with van der Waals surface area (Å²) in [6.45, 7) is 6.49. The van der Waals surface area contributed by atoms with E-state index in [1.807, 2.05) is 18.2 Å². The monoisotopic (exact) mass is 247 g/mol. The zero-order valence-electron chi connectivity index (χ0n) is 11.1. The summed E-state index contributed by atoms with van der Waals surface area (Å²) in [5, 5.41) is 0. The van der Waals surface area contributed by atoms with Gasteiger partial charge in [0.05, 0.1) is 5.56 Å². The summed E-state index contributed by atoms with van der Waals surface area (Å²) < 4.78 is 5.48. The van der Waals surface area contributed by atoms with Crippen LogP contribution in [0.1, 0.15) is 37.0 Å². The van der Waals surface area contributed by atoms with Crippen molar-refractivity contribution in [2.75, 3.05) is 13.1 Å². The fourth-order valence-electron chi connectivity index (χ4n) is 2.47. The molecule has 98 valence electrons. The second kappa shape index (κ2) is 6.01. The molecule has 0 radical (unpaired) electrons. The van der Waals surface area contributed by atoms with Gasteiger partial charge in [-0.05, 0) is 25.2 Å². The molecule has 1 aliphatic carbocycles. The SMILES string of the molecule is CCN(CC)[C@H]1C[C@H](OC(=O)c2ccccc2)C1. The van der Waals surface area contributed by atoms with Gasteiger partial charge in [0.1, 0.15) is 6.10 Å². The van der Waals surface area contributed by atoms with Crippen LogP contribution in [0.25, 0.3) is 0 Å². The Hall–Kier alpha value is -1.35. The molecule has 3 nitrogen and oxygen atoms in total. The number of esters is 1. The lowest BCUT2D eigenvalue weighted by Gasteiger charge is -2.41. The Kier molecular flexibility index (Phi) is 4.37. The predicted molar refractivity (Wildman–Crippen MR) is 71.6 cm³/mol. The van der Waals surface area contributed by atoms with Gasteiger partial charge in [0.15, 0.2) is 0 Å². The first-order chi connectivity index (χ1) is 8.74. The molecule has 0 saturated heterocycles. The lowest BCUT2D eigenvalue weighted by Crippen LogP contribution is -2.48. The van der Waals surface area contributed by atoms with Crippen LogP contribution in [0.15, 0.2) is 30.3 Å². The van der Waals surface area contributed by atoms with Gasteiger partial charge in [-0.3, -0.25) is 0 Å². The highest BCUT2D eigenvalue weighted by Crippen LogP contribution is 2.28. The molecular weight excluding hydrogens is 226 g/mol. The van der Waals surface area contributed by atoms with Crippen LogP contribution in [0.2, 0.25) is 0 Å². The van der Waals surface area contributed by atoms with Crippen molar-refractivity contribution in [1.29, 1.82) is 0 Å². The van der Waals surface area contributed by atoms with Gasteiger partial charge in [-0.2, -0.15) is 0 Å². The quantitative estimate of drug-likeness (QED) is 0.749. The van der Waals surface area contributed by atoms with Crippen molar-refractivity contribution in [2.45, 2.75) is 38.8 Å². The Bertz CT molecular complexity index is 381. The Morgan fingerprint density at radius 3 is 2.39 bits per heavy atom. The Morgan fingerprint density at radius 2 is 1.83 bits per heavy atom. The third-order valence-electron chi connectivity index (χ3n) is 3.68. The van der Waals surface area contributed by atoms with E-state index in [0.717, 1.165) is 25.9 Å². The summed E-state index contributed by atoms with van der Waals surface area (Å²) in [6, 6.07) is 9.79. The van der Waals surface area contributed by atoms with Crippen LogP contribution in [0.4, 0.5) is 0 Å². The molecule has 0 bridgehead atoms. The number of hydrogen-bond donors (Lipinski definition) is 0. The van der Waals surface area contributed by atoms with E-state index < -0.39 is 0 Å². The molecule has 2 rings (SSSR count). The summed E-state index contributed by atoms with van der Waals surface area (Å²) in [7, 11) is 0. The lowest BCUT2D eigenvalue weighted by molar-refractivity contribution is -0.0268. The van der Waals surface area contributed by atoms with Crippen LogP contribution in [-0.2, 0) is 4.74 Å². The van der Waals surface area contributed by atoms with E-state index in [-0.39, 0.29) is 12.1 Å². The molecule has 1 aliphatic rings. The van der Waals surface area contributed by atoms with E-state index in [9.17, 15) is 4.79 Å². The molecule has 0 unspecified atom stereocenters. The van der Waals surface area contributed by atoms with E-state index in [4.69, 9.17) is 4.74 Å². The van der Waals surface area contributed by atoms with Gasteiger partial charge >= 0.3 is 5.97 Å². The highest BCUT2D eigenvalue weighted by Gasteiger charge is 2.35. The largest absolute Gasteiger partial charge is 0.459 e. The van der Waals surface area contributed by atoms with Crippen LogP contribution in [0.3, 0.4) is 0 Å². The van der Waals surface area contributed by atoms with Crippen molar-refractivity contribution in [3.63, 3.8) is 0 Å². The van der Waals surface area contributed by atoms with Gasteiger partial charge < -0.3 is 9.64 Å². The summed E-state index contributed by atoms with van der Waals surface area (Å²) in [6.07, 6.45) is 2.05.